The van der Waals surface area contributed by atoms with Crippen LogP contribution in [0.25, 0.3) is 0 Å². The van der Waals surface area contributed by atoms with E-state index in [9.17, 15) is 9.90 Å². The lowest BCUT2D eigenvalue weighted by Gasteiger charge is -2.31. The number of carbonyl (C=O) groups is 1. The lowest BCUT2D eigenvalue weighted by atomic mass is 9.85. The fourth-order valence-corrected chi connectivity index (χ4v) is 3.05. The van der Waals surface area contributed by atoms with Crippen molar-refractivity contribution < 1.29 is 9.90 Å². The van der Waals surface area contributed by atoms with Crippen molar-refractivity contribution in [1.82, 2.24) is 5.32 Å². The molecule has 1 fully saturated rings. The van der Waals surface area contributed by atoms with E-state index in [1.165, 1.54) is 44.9 Å². The van der Waals surface area contributed by atoms with Gasteiger partial charge in [0.1, 0.15) is 5.54 Å². The van der Waals surface area contributed by atoms with Crippen LogP contribution in [0.1, 0.15) is 84.0 Å². The average molecular weight is 269 g/mol. The van der Waals surface area contributed by atoms with Crippen molar-refractivity contribution in [2.75, 3.05) is 6.54 Å². The highest BCUT2D eigenvalue weighted by atomic mass is 16.4. The molecule has 0 spiro atoms. The smallest absolute Gasteiger partial charge is 0.323 e. The van der Waals surface area contributed by atoms with Gasteiger partial charge in [-0.15, -0.1) is 0 Å². The average Bonchev–Trinajstić information content (AvgIpc) is 2.38. The van der Waals surface area contributed by atoms with Crippen LogP contribution in [0, 0.1) is 0 Å². The molecule has 1 aliphatic rings. The Hall–Kier alpha value is -0.570. The Bertz CT molecular complexity index is 241. The van der Waals surface area contributed by atoms with E-state index in [0.717, 1.165) is 38.6 Å². The van der Waals surface area contributed by atoms with Gasteiger partial charge in [0.15, 0.2) is 0 Å². The number of rotatable bonds is 4. The maximum absolute atomic E-state index is 11.7. The molecular formula is C16H31NO2. The first-order valence-electron chi connectivity index (χ1n) is 8.20. The first-order valence-corrected chi connectivity index (χ1v) is 8.20. The molecule has 0 radical (unpaired) electrons. The van der Waals surface area contributed by atoms with Gasteiger partial charge in [-0.3, -0.25) is 4.79 Å². The van der Waals surface area contributed by atoms with Crippen molar-refractivity contribution in [3.63, 3.8) is 0 Å². The van der Waals surface area contributed by atoms with Crippen LogP contribution < -0.4 is 5.32 Å². The topological polar surface area (TPSA) is 49.3 Å². The Morgan fingerprint density at radius 2 is 1.37 bits per heavy atom. The molecule has 0 aliphatic heterocycles. The van der Waals surface area contributed by atoms with Crippen LogP contribution in [-0.2, 0) is 4.79 Å². The van der Waals surface area contributed by atoms with E-state index in [4.69, 9.17) is 0 Å². The molecule has 0 atom stereocenters. The van der Waals surface area contributed by atoms with E-state index in [-0.39, 0.29) is 0 Å². The molecule has 3 heteroatoms. The molecule has 0 unspecified atom stereocenters. The van der Waals surface area contributed by atoms with Gasteiger partial charge < -0.3 is 10.4 Å². The molecule has 0 amide bonds. The number of hydrogen-bond acceptors (Lipinski definition) is 2. The van der Waals surface area contributed by atoms with Crippen molar-refractivity contribution in [1.29, 1.82) is 0 Å². The summed E-state index contributed by atoms with van der Waals surface area (Å²) in [5.74, 6) is -0.641. The number of carboxylic acid groups (broad SMARTS) is 1. The van der Waals surface area contributed by atoms with Gasteiger partial charge in [0.25, 0.3) is 0 Å². The van der Waals surface area contributed by atoms with Crippen molar-refractivity contribution in [2.45, 2.75) is 89.5 Å². The standard InChI is InChI=1S/C16H31NO2/c1-2-14-17-16(15(18)19)12-10-8-6-4-3-5-7-9-11-13-16/h17H,2-14H2,1H3,(H,18,19). The van der Waals surface area contributed by atoms with Gasteiger partial charge in [0.2, 0.25) is 0 Å². The van der Waals surface area contributed by atoms with E-state index in [1.807, 2.05) is 0 Å². The summed E-state index contributed by atoms with van der Waals surface area (Å²) in [6.45, 7) is 2.91. The van der Waals surface area contributed by atoms with Crippen LogP contribution in [0.5, 0.6) is 0 Å². The number of carboxylic acids is 1. The molecule has 2 N–H and O–H groups in total. The monoisotopic (exact) mass is 269 g/mol. The first-order chi connectivity index (χ1) is 9.21. The molecule has 0 saturated heterocycles. The van der Waals surface area contributed by atoms with Gasteiger partial charge >= 0.3 is 5.97 Å². The van der Waals surface area contributed by atoms with Crippen LogP contribution in [0.15, 0.2) is 0 Å². The number of nitrogens with one attached hydrogen (secondary N) is 1. The molecule has 1 aliphatic carbocycles. The molecular weight excluding hydrogens is 238 g/mol. The van der Waals surface area contributed by atoms with Crippen molar-refractivity contribution in [2.24, 2.45) is 0 Å². The number of aliphatic carboxylic acids is 1. The molecule has 1 saturated carbocycles. The first kappa shape index (κ1) is 16.5. The minimum absolute atomic E-state index is 0.641. The molecule has 3 nitrogen and oxygen atoms in total. The predicted octanol–water partition coefficient (Wildman–Crippen LogP) is 4.11. The maximum atomic E-state index is 11.7. The summed E-state index contributed by atoms with van der Waals surface area (Å²) >= 11 is 0. The van der Waals surface area contributed by atoms with E-state index in [2.05, 4.69) is 12.2 Å². The summed E-state index contributed by atoms with van der Waals surface area (Å²) in [7, 11) is 0. The highest BCUT2D eigenvalue weighted by Gasteiger charge is 2.36. The van der Waals surface area contributed by atoms with Gasteiger partial charge in [-0.1, -0.05) is 64.7 Å². The van der Waals surface area contributed by atoms with Crippen LogP contribution in [-0.4, -0.2) is 23.2 Å². The second kappa shape index (κ2) is 9.35. The van der Waals surface area contributed by atoms with Crippen molar-refractivity contribution in [3.05, 3.63) is 0 Å². The normalized spacial score (nSPS) is 22.2. The molecule has 0 heterocycles. The summed E-state index contributed by atoms with van der Waals surface area (Å²) in [5.41, 5.74) is -0.658. The summed E-state index contributed by atoms with van der Waals surface area (Å²) < 4.78 is 0. The van der Waals surface area contributed by atoms with Crippen molar-refractivity contribution >= 4 is 5.97 Å². The molecule has 19 heavy (non-hydrogen) atoms. The largest absolute Gasteiger partial charge is 0.480 e. The van der Waals surface area contributed by atoms with Crippen LogP contribution in [0.4, 0.5) is 0 Å². The van der Waals surface area contributed by atoms with E-state index in [0.29, 0.717) is 0 Å². The second-order valence-corrected chi connectivity index (χ2v) is 6.00. The van der Waals surface area contributed by atoms with E-state index in [1.54, 1.807) is 0 Å². The van der Waals surface area contributed by atoms with Crippen LogP contribution >= 0.6 is 0 Å². The minimum atomic E-state index is -0.658. The predicted molar refractivity (Wildman–Crippen MR) is 79.4 cm³/mol. The fraction of sp³-hybridized carbons (Fsp3) is 0.938. The Kier molecular flexibility index (Phi) is 8.11. The highest BCUT2D eigenvalue weighted by Crippen LogP contribution is 2.25. The van der Waals surface area contributed by atoms with Gasteiger partial charge in [0.05, 0.1) is 0 Å². The summed E-state index contributed by atoms with van der Waals surface area (Å²) in [5, 5.41) is 13.0. The lowest BCUT2D eigenvalue weighted by molar-refractivity contribution is -0.145. The molecule has 0 aromatic heterocycles. The third kappa shape index (κ3) is 5.94. The number of hydrogen-bond donors (Lipinski definition) is 2. The van der Waals surface area contributed by atoms with Gasteiger partial charge in [-0.05, 0) is 25.8 Å². The van der Waals surface area contributed by atoms with Crippen molar-refractivity contribution in [3.8, 4) is 0 Å². The van der Waals surface area contributed by atoms with Gasteiger partial charge in [-0.25, -0.2) is 0 Å². The maximum Gasteiger partial charge on any atom is 0.323 e. The highest BCUT2D eigenvalue weighted by molar-refractivity contribution is 5.78. The zero-order valence-electron chi connectivity index (χ0n) is 12.5. The third-order valence-corrected chi connectivity index (χ3v) is 4.33. The van der Waals surface area contributed by atoms with Gasteiger partial charge in [0, 0.05) is 0 Å². The fourth-order valence-electron chi connectivity index (χ4n) is 3.05. The van der Waals surface area contributed by atoms with Crippen LogP contribution in [0.3, 0.4) is 0 Å². The molecule has 0 aromatic rings. The Morgan fingerprint density at radius 3 is 1.74 bits per heavy atom. The zero-order chi connectivity index (χ0) is 14.0. The van der Waals surface area contributed by atoms with E-state index >= 15 is 0 Å². The van der Waals surface area contributed by atoms with E-state index < -0.39 is 11.5 Å². The molecule has 0 bridgehead atoms. The molecule has 0 aromatic carbocycles. The zero-order valence-corrected chi connectivity index (χ0v) is 12.5. The summed E-state index contributed by atoms with van der Waals surface area (Å²) in [4.78, 5) is 11.7. The lowest BCUT2D eigenvalue weighted by Crippen LogP contribution is -2.52. The van der Waals surface area contributed by atoms with Crippen LogP contribution in [0.2, 0.25) is 0 Å². The Balaban J connectivity index is 2.61. The SMILES string of the molecule is CCCNC1(C(=O)O)CCCCCCCCCCC1. The summed E-state index contributed by atoms with van der Waals surface area (Å²) in [6.07, 6.45) is 13.6. The molecule has 1 rings (SSSR count). The Labute approximate surface area is 118 Å². The summed E-state index contributed by atoms with van der Waals surface area (Å²) in [6, 6.07) is 0. The molecule has 112 valence electrons. The third-order valence-electron chi connectivity index (χ3n) is 4.33. The Morgan fingerprint density at radius 1 is 0.947 bits per heavy atom. The van der Waals surface area contributed by atoms with Gasteiger partial charge in [-0.2, -0.15) is 0 Å². The quantitative estimate of drug-likeness (QED) is 0.807. The minimum Gasteiger partial charge on any atom is -0.480 e. The second-order valence-electron chi connectivity index (χ2n) is 6.00.